The third kappa shape index (κ3) is 4.60. The normalized spacial score (nSPS) is 19.4. The van der Waals surface area contributed by atoms with Gasteiger partial charge in [0.05, 0.1) is 6.61 Å². The Morgan fingerprint density at radius 3 is 3.05 bits per heavy atom. The van der Waals surface area contributed by atoms with E-state index in [0.29, 0.717) is 6.04 Å². The Hall–Kier alpha value is -0.910. The molecule has 0 saturated carbocycles. The molecule has 5 heteroatoms. The van der Waals surface area contributed by atoms with E-state index in [1.54, 1.807) is 7.11 Å². The second kappa shape index (κ2) is 7.62. The number of aromatic nitrogens is 2. The summed E-state index contributed by atoms with van der Waals surface area (Å²) in [6, 6.07) is 0.651. The molecule has 5 nitrogen and oxygen atoms in total. The Bertz CT molecular complexity index is 360. The summed E-state index contributed by atoms with van der Waals surface area (Å²) in [6.45, 7) is 5.13. The average Bonchev–Trinajstić information content (AvgIpc) is 3.04. The van der Waals surface area contributed by atoms with E-state index in [4.69, 9.17) is 4.74 Å². The molecule has 0 spiro atoms. The number of methoxy groups -OCH3 is 1. The fourth-order valence-electron chi connectivity index (χ4n) is 2.63. The molecule has 19 heavy (non-hydrogen) atoms. The monoisotopic (exact) mass is 266 g/mol. The SMILES string of the molecule is COCCN(CCc1nccn1C)CC1CCCN1. The molecule has 1 unspecified atom stereocenters. The minimum absolute atomic E-state index is 0.651. The lowest BCUT2D eigenvalue weighted by atomic mass is 10.2. The van der Waals surface area contributed by atoms with Crippen molar-refractivity contribution in [3.63, 3.8) is 0 Å². The van der Waals surface area contributed by atoms with E-state index >= 15 is 0 Å². The minimum atomic E-state index is 0.651. The lowest BCUT2D eigenvalue weighted by Crippen LogP contribution is -2.40. The van der Waals surface area contributed by atoms with E-state index < -0.39 is 0 Å². The molecule has 0 bridgehead atoms. The molecule has 2 rings (SSSR count). The van der Waals surface area contributed by atoms with Crippen LogP contribution >= 0.6 is 0 Å². The van der Waals surface area contributed by atoms with Crippen molar-refractivity contribution in [1.82, 2.24) is 19.8 Å². The third-order valence-corrected chi connectivity index (χ3v) is 3.83. The summed E-state index contributed by atoms with van der Waals surface area (Å²) in [7, 11) is 3.82. The first-order valence-corrected chi connectivity index (χ1v) is 7.20. The van der Waals surface area contributed by atoms with Gasteiger partial charge in [0.25, 0.3) is 0 Å². The molecule has 0 radical (unpaired) electrons. The Labute approximate surface area is 116 Å². The topological polar surface area (TPSA) is 42.3 Å². The van der Waals surface area contributed by atoms with Crippen molar-refractivity contribution in [2.45, 2.75) is 25.3 Å². The zero-order valence-electron chi connectivity index (χ0n) is 12.1. The van der Waals surface area contributed by atoms with Crippen molar-refractivity contribution < 1.29 is 4.74 Å². The molecule has 1 fully saturated rings. The van der Waals surface area contributed by atoms with Crippen LogP contribution in [0.5, 0.6) is 0 Å². The summed E-state index contributed by atoms with van der Waals surface area (Å²) in [5, 5.41) is 3.56. The molecular formula is C14H26N4O. The lowest BCUT2D eigenvalue weighted by Gasteiger charge is -2.25. The van der Waals surface area contributed by atoms with E-state index in [-0.39, 0.29) is 0 Å². The predicted molar refractivity (Wildman–Crippen MR) is 76.3 cm³/mol. The highest BCUT2D eigenvalue weighted by molar-refractivity contribution is 4.92. The molecule has 108 valence electrons. The van der Waals surface area contributed by atoms with Gasteiger partial charge in [-0.2, -0.15) is 0 Å². The van der Waals surface area contributed by atoms with Gasteiger partial charge in [-0.25, -0.2) is 4.98 Å². The minimum Gasteiger partial charge on any atom is -0.383 e. The van der Waals surface area contributed by atoms with Crippen molar-refractivity contribution in [1.29, 1.82) is 0 Å². The summed E-state index contributed by atoms with van der Waals surface area (Å²) in [5.41, 5.74) is 0. The summed E-state index contributed by atoms with van der Waals surface area (Å²) >= 11 is 0. The molecule has 1 aromatic heterocycles. The standard InChI is InChI=1S/C14H26N4O/c1-17-9-7-16-14(17)5-8-18(10-11-19-2)12-13-4-3-6-15-13/h7,9,13,15H,3-6,8,10-12H2,1-2H3. The first-order valence-electron chi connectivity index (χ1n) is 7.20. The van der Waals surface area contributed by atoms with E-state index in [2.05, 4.69) is 26.8 Å². The average molecular weight is 266 g/mol. The van der Waals surface area contributed by atoms with Gasteiger partial charge in [-0.3, -0.25) is 4.90 Å². The van der Waals surface area contributed by atoms with Crippen molar-refractivity contribution in [3.8, 4) is 0 Å². The molecule has 0 amide bonds. The molecule has 1 saturated heterocycles. The number of aryl methyl sites for hydroxylation is 1. The van der Waals surface area contributed by atoms with Gasteiger partial charge < -0.3 is 14.6 Å². The highest BCUT2D eigenvalue weighted by atomic mass is 16.5. The van der Waals surface area contributed by atoms with Gasteiger partial charge in [0, 0.05) is 58.6 Å². The Balaban J connectivity index is 1.80. The van der Waals surface area contributed by atoms with Crippen LogP contribution in [0.3, 0.4) is 0 Å². The van der Waals surface area contributed by atoms with Crippen LogP contribution in [-0.4, -0.2) is 60.4 Å². The van der Waals surface area contributed by atoms with E-state index in [9.17, 15) is 0 Å². The lowest BCUT2D eigenvalue weighted by molar-refractivity contribution is 0.142. The van der Waals surface area contributed by atoms with Crippen LogP contribution < -0.4 is 5.32 Å². The van der Waals surface area contributed by atoms with Gasteiger partial charge in [0.15, 0.2) is 0 Å². The van der Waals surface area contributed by atoms with Crippen molar-refractivity contribution in [3.05, 3.63) is 18.2 Å². The van der Waals surface area contributed by atoms with Crippen molar-refractivity contribution in [2.24, 2.45) is 7.05 Å². The van der Waals surface area contributed by atoms with E-state index in [1.165, 1.54) is 19.4 Å². The van der Waals surface area contributed by atoms with Gasteiger partial charge >= 0.3 is 0 Å². The maximum absolute atomic E-state index is 5.21. The first kappa shape index (κ1) is 14.5. The number of ether oxygens (including phenoxy) is 1. The molecule has 0 aliphatic carbocycles. The van der Waals surface area contributed by atoms with Crippen LogP contribution in [0.2, 0.25) is 0 Å². The molecular weight excluding hydrogens is 240 g/mol. The van der Waals surface area contributed by atoms with Crippen LogP contribution in [0.4, 0.5) is 0 Å². The van der Waals surface area contributed by atoms with Crippen molar-refractivity contribution in [2.75, 3.05) is 39.9 Å². The Morgan fingerprint density at radius 1 is 1.53 bits per heavy atom. The molecule has 1 aromatic rings. The molecule has 1 aliphatic rings. The highest BCUT2D eigenvalue weighted by Gasteiger charge is 2.17. The predicted octanol–water partition coefficient (Wildman–Crippen LogP) is 0.663. The Kier molecular flexibility index (Phi) is 5.82. The van der Waals surface area contributed by atoms with Crippen LogP contribution in [0.15, 0.2) is 12.4 Å². The highest BCUT2D eigenvalue weighted by Crippen LogP contribution is 2.08. The quantitative estimate of drug-likeness (QED) is 0.751. The second-order valence-electron chi connectivity index (χ2n) is 5.29. The van der Waals surface area contributed by atoms with Crippen LogP contribution in [0.25, 0.3) is 0 Å². The maximum atomic E-state index is 5.21. The Morgan fingerprint density at radius 2 is 2.42 bits per heavy atom. The van der Waals surface area contributed by atoms with Gasteiger partial charge in [-0.1, -0.05) is 0 Å². The molecule has 2 heterocycles. The summed E-state index contributed by atoms with van der Waals surface area (Å²) < 4.78 is 7.31. The fraction of sp³-hybridized carbons (Fsp3) is 0.786. The maximum Gasteiger partial charge on any atom is 0.109 e. The zero-order valence-corrected chi connectivity index (χ0v) is 12.1. The fourth-order valence-corrected chi connectivity index (χ4v) is 2.63. The van der Waals surface area contributed by atoms with Crippen LogP contribution in [-0.2, 0) is 18.2 Å². The smallest absolute Gasteiger partial charge is 0.109 e. The molecule has 0 aromatic carbocycles. The van der Waals surface area contributed by atoms with Crippen LogP contribution in [0.1, 0.15) is 18.7 Å². The van der Waals surface area contributed by atoms with Gasteiger partial charge in [-0.15, -0.1) is 0 Å². The number of rotatable bonds is 8. The van der Waals surface area contributed by atoms with E-state index in [1.807, 2.05) is 12.4 Å². The molecule has 1 N–H and O–H groups in total. The van der Waals surface area contributed by atoms with Crippen LogP contribution in [0, 0.1) is 0 Å². The summed E-state index contributed by atoms with van der Waals surface area (Å²) in [6.07, 6.45) is 7.48. The van der Waals surface area contributed by atoms with E-state index in [0.717, 1.165) is 38.5 Å². The summed E-state index contributed by atoms with van der Waals surface area (Å²) in [4.78, 5) is 6.88. The second-order valence-corrected chi connectivity index (χ2v) is 5.29. The number of hydrogen-bond acceptors (Lipinski definition) is 4. The number of nitrogens with one attached hydrogen (secondary N) is 1. The third-order valence-electron chi connectivity index (χ3n) is 3.83. The first-order chi connectivity index (χ1) is 9.29. The number of hydrogen-bond donors (Lipinski definition) is 1. The zero-order chi connectivity index (χ0) is 13.5. The summed E-state index contributed by atoms with van der Waals surface area (Å²) in [5.74, 6) is 1.15. The van der Waals surface area contributed by atoms with Gasteiger partial charge in [-0.05, 0) is 19.4 Å². The number of imidazole rings is 1. The molecule has 1 aliphatic heterocycles. The van der Waals surface area contributed by atoms with Crippen molar-refractivity contribution >= 4 is 0 Å². The van der Waals surface area contributed by atoms with Gasteiger partial charge in [0.1, 0.15) is 5.82 Å². The molecule has 1 atom stereocenters. The largest absolute Gasteiger partial charge is 0.383 e. The van der Waals surface area contributed by atoms with Gasteiger partial charge in [0.2, 0.25) is 0 Å². The number of nitrogens with zero attached hydrogens (tertiary/aromatic N) is 3.